The van der Waals surface area contributed by atoms with Gasteiger partial charge in [0.05, 0.1) is 11.4 Å². The molecule has 1 aliphatic rings. The first-order valence-corrected chi connectivity index (χ1v) is 10.1. The summed E-state index contributed by atoms with van der Waals surface area (Å²) in [5.41, 5.74) is 0.709. The first-order valence-electron chi connectivity index (χ1n) is 10.1. The van der Waals surface area contributed by atoms with E-state index in [1.165, 1.54) is 15.4 Å². The van der Waals surface area contributed by atoms with Crippen molar-refractivity contribution >= 4 is 12.0 Å². The van der Waals surface area contributed by atoms with Crippen LogP contribution in [0.2, 0.25) is 0 Å². The predicted octanol–water partition coefficient (Wildman–Crippen LogP) is 4.22. The highest BCUT2D eigenvalue weighted by molar-refractivity contribution is 5.96. The SMILES string of the molecule is CCCC1(C)CC(=Cc2c(O)n(-c3ccccc3)n(-c3ccccc3)c2=O)C(=O)O1. The van der Waals surface area contributed by atoms with E-state index in [0.717, 1.165) is 12.8 Å². The van der Waals surface area contributed by atoms with Crippen molar-refractivity contribution in [3.05, 3.63) is 82.2 Å². The van der Waals surface area contributed by atoms with Crippen molar-refractivity contribution in [1.82, 2.24) is 9.36 Å². The largest absolute Gasteiger partial charge is 0.493 e. The van der Waals surface area contributed by atoms with Crippen LogP contribution in [0.4, 0.5) is 0 Å². The van der Waals surface area contributed by atoms with Gasteiger partial charge in [-0.25, -0.2) is 14.2 Å². The number of hydrogen-bond acceptors (Lipinski definition) is 4. The van der Waals surface area contributed by atoms with E-state index in [0.29, 0.717) is 23.4 Å². The number of carbonyl (C=O) groups is 1. The minimum Gasteiger partial charge on any atom is -0.493 e. The Hall–Kier alpha value is -3.54. The highest BCUT2D eigenvalue weighted by Gasteiger charge is 2.39. The summed E-state index contributed by atoms with van der Waals surface area (Å²) in [4.78, 5) is 25.8. The lowest BCUT2D eigenvalue weighted by Gasteiger charge is -2.20. The predicted molar refractivity (Wildman–Crippen MR) is 115 cm³/mol. The maximum atomic E-state index is 13.4. The van der Waals surface area contributed by atoms with E-state index in [-0.39, 0.29) is 11.4 Å². The number of aromatic nitrogens is 2. The molecule has 0 saturated carbocycles. The van der Waals surface area contributed by atoms with Gasteiger partial charge in [0.15, 0.2) is 0 Å². The Morgan fingerprint density at radius 2 is 1.57 bits per heavy atom. The molecule has 1 saturated heterocycles. The van der Waals surface area contributed by atoms with Crippen LogP contribution in [0, 0.1) is 0 Å². The molecule has 1 atom stereocenters. The van der Waals surface area contributed by atoms with Gasteiger partial charge in [-0.05, 0) is 43.7 Å². The Bertz CT molecular complexity index is 1160. The van der Waals surface area contributed by atoms with Gasteiger partial charge in [0, 0.05) is 12.0 Å². The number of nitrogens with zero attached hydrogens (tertiary/aromatic N) is 2. The third-order valence-corrected chi connectivity index (χ3v) is 5.33. The maximum Gasteiger partial charge on any atom is 0.334 e. The molecule has 0 amide bonds. The molecule has 3 aromatic rings. The van der Waals surface area contributed by atoms with Crippen LogP contribution in [0.5, 0.6) is 5.88 Å². The number of aromatic hydroxyl groups is 1. The molecule has 1 unspecified atom stereocenters. The fourth-order valence-corrected chi connectivity index (χ4v) is 4.00. The first-order chi connectivity index (χ1) is 14.4. The van der Waals surface area contributed by atoms with Gasteiger partial charge in [-0.2, -0.15) is 0 Å². The molecule has 1 fully saturated rings. The molecule has 1 aromatic heterocycles. The van der Waals surface area contributed by atoms with Crippen LogP contribution >= 0.6 is 0 Å². The van der Waals surface area contributed by atoms with Crippen LogP contribution in [0.3, 0.4) is 0 Å². The molecule has 30 heavy (non-hydrogen) atoms. The summed E-state index contributed by atoms with van der Waals surface area (Å²) in [7, 11) is 0. The topological polar surface area (TPSA) is 73.5 Å². The second-order valence-electron chi connectivity index (χ2n) is 7.77. The molecule has 0 aliphatic carbocycles. The van der Waals surface area contributed by atoms with Gasteiger partial charge < -0.3 is 9.84 Å². The molecule has 0 radical (unpaired) electrons. The average Bonchev–Trinajstić information content (AvgIpc) is 3.16. The van der Waals surface area contributed by atoms with E-state index >= 15 is 0 Å². The first kappa shape index (κ1) is 19.8. The van der Waals surface area contributed by atoms with Crippen LogP contribution in [0.25, 0.3) is 17.5 Å². The highest BCUT2D eigenvalue weighted by atomic mass is 16.6. The monoisotopic (exact) mass is 404 g/mol. The van der Waals surface area contributed by atoms with Crippen molar-refractivity contribution in [2.45, 2.75) is 38.7 Å². The Morgan fingerprint density at radius 3 is 2.13 bits per heavy atom. The van der Waals surface area contributed by atoms with Gasteiger partial charge in [-0.15, -0.1) is 0 Å². The Balaban J connectivity index is 1.90. The lowest BCUT2D eigenvalue weighted by Crippen LogP contribution is -2.23. The van der Waals surface area contributed by atoms with E-state index in [1.807, 2.05) is 50.2 Å². The quantitative estimate of drug-likeness (QED) is 0.510. The Morgan fingerprint density at radius 1 is 1.00 bits per heavy atom. The Labute approximate surface area is 174 Å². The molecule has 6 heteroatoms. The van der Waals surface area contributed by atoms with Crippen LogP contribution < -0.4 is 5.56 Å². The number of carbonyl (C=O) groups excluding carboxylic acids is 1. The number of para-hydroxylation sites is 2. The number of rotatable bonds is 5. The van der Waals surface area contributed by atoms with Crippen molar-refractivity contribution in [1.29, 1.82) is 0 Å². The lowest BCUT2D eigenvalue weighted by atomic mass is 9.94. The smallest absolute Gasteiger partial charge is 0.334 e. The van der Waals surface area contributed by atoms with Crippen LogP contribution in [0.15, 0.2) is 71.0 Å². The third kappa shape index (κ3) is 3.45. The molecule has 154 valence electrons. The normalized spacial score (nSPS) is 19.9. The fourth-order valence-electron chi connectivity index (χ4n) is 4.00. The summed E-state index contributed by atoms with van der Waals surface area (Å²) in [5.74, 6) is -0.664. The summed E-state index contributed by atoms with van der Waals surface area (Å²) >= 11 is 0. The summed E-state index contributed by atoms with van der Waals surface area (Å²) in [6.45, 7) is 3.93. The van der Waals surface area contributed by atoms with E-state index in [1.54, 1.807) is 24.3 Å². The zero-order chi connectivity index (χ0) is 21.3. The summed E-state index contributed by atoms with van der Waals surface area (Å²) in [5, 5.41) is 11.0. The molecule has 0 bridgehead atoms. The number of ether oxygens (including phenoxy) is 1. The summed E-state index contributed by atoms with van der Waals surface area (Å²) < 4.78 is 8.41. The number of hydrogen-bond donors (Lipinski definition) is 1. The van der Waals surface area contributed by atoms with Gasteiger partial charge in [0.1, 0.15) is 11.2 Å². The standard InChI is InChI=1S/C24H24N2O4/c1-3-14-24(2)16-17(23(29)30-24)15-20-21(27)25(18-10-6-4-7-11-18)26(22(20)28)19-12-8-5-9-13-19/h4-13,15,27H,3,14,16H2,1-2H3. The zero-order valence-electron chi connectivity index (χ0n) is 17.0. The van der Waals surface area contributed by atoms with Crippen LogP contribution in [0.1, 0.15) is 38.7 Å². The minimum atomic E-state index is -0.576. The second-order valence-corrected chi connectivity index (χ2v) is 7.77. The Kier molecular flexibility index (Phi) is 5.08. The molecular formula is C24H24N2O4. The molecule has 4 rings (SSSR count). The fraction of sp³-hybridized carbons (Fsp3) is 0.250. The van der Waals surface area contributed by atoms with Gasteiger partial charge >= 0.3 is 5.97 Å². The van der Waals surface area contributed by atoms with Crippen molar-refractivity contribution in [2.75, 3.05) is 0 Å². The van der Waals surface area contributed by atoms with Gasteiger partial charge in [-0.1, -0.05) is 49.7 Å². The number of benzene rings is 2. The van der Waals surface area contributed by atoms with Crippen LogP contribution in [-0.4, -0.2) is 26.0 Å². The molecular weight excluding hydrogens is 380 g/mol. The van der Waals surface area contributed by atoms with Crippen molar-refractivity contribution < 1.29 is 14.6 Å². The maximum absolute atomic E-state index is 13.4. The van der Waals surface area contributed by atoms with E-state index < -0.39 is 17.1 Å². The molecule has 2 aromatic carbocycles. The number of cyclic esters (lactones) is 1. The van der Waals surface area contributed by atoms with Crippen LogP contribution in [-0.2, 0) is 9.53 Å². The van der Waals surface area contributed by atoms with E-state index in [9.17, 15) is 14.7 Å². The third-order valence-electron chi connectivity index (χ3n) is 5.33. The summed E-state index contributed by atoms with van der Waals surface area (Å²) in [6, 6.07) is 18.2. The average molecular weight is 404 g/mol. The van der Waals surface area contributed by atoms with Crippen molar-refractivity contribution in [3.8, 4) is 17.3 Å². The second kappa shape index (κ2) is 7.71. The summed E-state index contributed by atoms with van der Waals surface area (Å²) in [6.07, 6.45) is 3.50. The molecule has 0 spiro atoms. The van der Waals surface area contributed by atoms with Crippen molar-refractivity contribution in [2.24, 2.45) is 0 Å². The molecule has 6 nitrogen and oxygen atoms in total. The van der Waals surface area contributed by atoms with Gasteiger partial charge in [-0.3, -0.25) is 4.79 Å². The molecule has 2 heterocycles. The minimum absolute atomic E-state index is 0.0652. The van der Waals surface area contributed by atoms with Gasteiger partial charge in [0.2, 0.25) is 5.88 Å². The zero-order valence-corrected chi connectivity index (χ0v) is 17.0. The molecule has 1 aliphatic heterocycles. The number of esters is 1. The van der Waals surface area contributed by atoms with Crippen molar-refractivity contribution in [3.63, 3.8) is 0 Å². The highest BCUT2D eigenvalue weighted by Crippen LogP contribution is 2.36. The molecule has 1 N–H and O–H groups in total. The van der Waals surface area contributed by atoms with E-state index in [4.69, 9.17) is 4.74 Å². The lowest BCUT2D eigenvalue weighted by molar-refractivity contribution is -0.145. The van der Waals surface area contributed by atoms with Gasteiger partial charge in [0.25, 0.3) is 5.56 Å². The van der Waals surface area contributed by atoms with E-state index in [2.05, 4.69) is 0 Å².